The lowest BCUT2D eigenvalue weighted by molar-refractivity contribution is 0.278. The predicted molar refractivity (Wildman–Crippen MR) is 89.7 cm³/mol. The second-order valence-corrected chi connectivity index (χ2v) is 7.97. The lowest BCUT2D eigenvalue weighted by atomic mass is 10.1. The zero-order valence-corrected chi connectivity index (χ0v) is 15.4. The lowest BCUT2D eigenvalue weighted by Gasteiger charge is -2.21. The van der Waals surface area contributed by atoms with Crippen molar-refractivity contribution < 1.29 is 8.42 Å². The molecule has 0 atom stereocenters. The molecule has 1 aromatic rings. The highest BCUT2D eigenvalue weighted by Gasteiger charge is 2.19. The molecular weight excluding hydrogens is 354 g/mol. The fourth-order valence-electron chi connectivity index (χ4n) is 1.80. The van der Waals surface area contributed by atoms with E-state index in [4.69, 9.17) is 5.73 Å². The molecule has 0 bridgehead atoms. The van der Waals surface area contributed by atoms with E-state index in [9.17, 15) is 8.42 Å². The van der Waals surface area contributed by atoms with Crippen molar-refractivity contribution in [3.63, 3.8) is 0 Å². The van der Waals surface area contributed by atoms with Gasteiger partial charge in [-0.1, -0.05) is 15.9 Å². The van der Waals surface area contributed by atoms with Gasteiger partial charge in [-0.15, -0.1) is 0 Å². The van der Waals surface area contributed by atoms with Crippen LogP contribution in [0.3, 0.4) is 0 Å². The largest absolute Gasteiger partial charge is 0.326 e. The third kappa shape index (κ3) is 5.03. The van der Waals surface area contributed by atoms with Crippen LogP contribution in [-0.2, 0) is 16.6 Å². The molecule has 1 rings (SSSR count). The Hall–Kier alpha value is -0.470. The minimum Gasteiger partial charge on any atom is -0.326 e. The Bertz CT molecular complexity index is 588. The van der Waals surface area contributed by atoms with E-state index in [-0.39, 0.29) is 4.90 Å². The molecule has 0 fully saturated rings. The molecule has 1 aromatic carbocycles. The summed E-state index contributed by atoms with van der Waals surface area (Å²) in [5.41, 5.74) is 7.09. The molecule has 0 saturated heterocycles. The van der Waals surface area contributed by atoms with Gasteiger partial charge in [0.1, 0.15) is 0 Å². The fraction of sp³-hybridized carbons (Fsp3) is 0.571. The highest BCUT2D eigenvalue weighted by molar-refractivity contribution is 9.10. The van der Waals surface area contributed by atoms with Gasteiger partial charge in [-0.05, 0) is 51.1 Å². The average molecular weight is 378 g/mol. The summed E-state index contributed by atoms with van der Waals surface area (Å²) in [5.74, 6) is 0. The van der Waals surface area contributed by atoms with Crippen LogP contribution in [-0.4, -0.2) is 39.5 Å². The summed E-state index contributed by atoms with van der Waals surface area (Å²) in [4.78, 5) is 2.37. The Kier molecular flexibility index (Phi) is 6.80. The van der Waals surface area contributed by atoms with Crippen molar-refractivity contribution in [2.45, 2.75) is 38.3 Å². The van der Waals surface area contributed by atoms with Crippen LogP contribution >= 0.6 is 15.9 Å². The van der Waals surface area contributed by atoms with Crippen molar-refractivity contribution in [2.75, 3.05) is 20.1 Å². The van der Waals surface area contributed by atoms with Crippen LogP contribution in [0.5, 0.6) is 0 Å². The summed E-state index contributed by atoms with van der Waals surface area (Å²) in [6, 6.07) is 3.86. The summed E-state index contributed by atoms with van der Waals surface area (Å²) < 4.78 is 28.3. The number of likely N-dealkylation sites (N-methyl/N-ethyl adjacent to an activating group) is 1. The number of benzene rings is 1. The van der Waals surface area contributed by atoms with Crippen LogP contribution in [0.4, 0.5) is 0 Å². The van der Waals surface area contributed by atoms with E-state index in [0.717, 1.165) is 10.0 Å². The van der Waals surface area contributed by atoms with E-state index < -0.39 is 10.0 Å². The molecule has 0 aliphatic heterocycles. The van der Waals surface area contributed by atoms with Gasteiger partial charge in [0.2, 0.25) is 10.0 Å². The van der Waals surface area contributed by atoms with Crippen molar-refractivity contribution in [2.24, 2.45) is 5.73 Å². The minimum atomic E-state index is -3.53. The monoisotopic (exact) mass is 377 g/mol. The Morgan fingerprint density at radius 1 is 1.38 bits per heavy atom. The van der Waals surface area contributed by atoms with Gasteiger partial charge in [-0.2, -0.15) is 0 Å². The van der Waals surface area contributed by atoms with Gasteiger partial charge in [0, 0.05) is 30.1 Å². The van der Waals surface area contributed by atoms with Crippen LogP contribution < -0.4 is 10.5 Å². The highest BCUT2D eigenvalue weighted by atomic mass is 79.9. The van der Waals surface area contributed by atoms with Gasteiger partial charge < -0.3 is 10.6 Å². The third-order valence-electron chi connectivity index (χ3n) is 3.52. The standard InChI is InChI=1S/C14H24BrN3O2S/c1-10(2)18(4)6-5-17-21(19,20)14-8-12(9-16)7-13(15)11(14)3/h7-8,10,17H,5-6,9,16H2,1-4H3. The highest BCUT2D eigenvalue weighted by Crippen LogP contribution is 2.25. The number of rotatable bonds is 7. The molecule has 21 heavy (non-hydrogen) atoms. The molecule has 120 valence electrons. The van der Waals surface area contributed by atoms with Crippen molar-refractivity contribution in [1.82, 2.24) is 9.62 Å². The molecule has 0 aliphatic carbocycles. The molecule has 5 nitrogen and oxygen atoms in total. The zero-order chi connectivity index (χ0) is 16.2. The number of hydrogen-bond donors (Lipinski definition) is 2. The molecule has 0 aliphatic rings. The summed E-state index contributed by atoms with van der Waals surface area (Å²) in [7, 11) is -1.56. The smallest absolute Gasteiger partial charge is 0.240 e. The maximum atomic E-state index is 12.4. The van der Waals surface area contributed by atoms with Gasteiger partial charge in [0.25, 0.3) is 0 Å². The predicted octanol–water partition coefficient (Wildman–Crippen LogP) is 1.83. The Morgan fingerprint density at radius 3 is 2.52 bits per heavy atom. The maximum absolute atomic E-state index is 12.4. The maximum Gasteiger partial charge on any atom is 0.240 e. The first kappa shape index (κ1) is 18.6. The molecule has 0 spiro atoms. The van der Waals surface area contributed by atoms with E-state index in [1.165, 1.54) is 0 Å². The topological polar surface area (TPSA) is 75.4 Å². The minimum absolute atomic E-state index is 0.282. The van der Waals surface area contributed by atoms with E-state index in [0.29, 0.717) is 31.2 Å². The van der Waals surface area contributed by atoms with Crippen molar-refractivity contribution >= 4 is 26.0 Å². The summed E-state index contributed by atoms with van der Waals surface area (Å²) in [6.07, 6.45) is 0. The van der Waals surface area contributed by atoms with Gasteiger partial charge >= 0.3 is 0 Å². The van der Waals surface area contributed by atoms with Gasteiger partial charge in [-0.25, -0.2) is 13.1 Å². The van der Waals surface area contributed by atoms with Gasteiger partial charge in [0.15, 0.2) is 0 Å². The van der Waals surface area contributed by atoms with E-state index in [2.05, 4.69) is 39.4 Å². The Balaban J connectivity index is 2.91. The van der Waals surface area contributed by atoms with Crippen molar-refractivity contribution in [3.05, 3.63) is 27.7 Å². The number of nitrogens with zero attached hydrogens (tertiary/aromatic N) is 1. The average Bonchev–Trinajstić information content (AvgIpc) is 2.40. The SMILES string of the molecule is Cc1c(Br)cc(CN)cc1S(=O)(=O)NCCN(C)C(C)C. The summed E-state index contributed by atoms with van der Waals surface area (Å²) in [5, 5.41) is 0. The fourth-order valence-corrected chi connectivity index (χ4v) is 3.77. The molecule has 0 radical (unpaired) electrons. The van der Waals surface area contributed by atoms with Crippen LogP contribution in [0.1, 0.15) is 25.0 Å². The second kappa shape index (κ2) is 7.69. The van der Waals surface area contributed by atoms with Crippen LogP contribution in [0, 0.1) is 6.92 Å². The molecule has 7 heteroatoms. The van der Waals surface area contributed by atoms with Crippen LogP contribution in [0.25, 0.3) is 0 Å². The van der Waals surface area contributed by atoms with Crippen molar-refractivity contribution in [3.8, 4) is 0 Å². The molecule has 0 aromatic heterocycles. The zero-order valence-electron chi connectivity index (χ0n) is 13.0. The molecule has 0 unspecified atom stereocenters. The quantitative estimate of drug-likeness (QED) is 0.759. The first-order valence-corrected chi connectivity index (χ1v) is 9.15. The first-order valence-electron chi connectivity index (χ1n) is 6.88. The third-order valence-corrected chi connectivity index (χ3v) is 5.93. The number of hydrogen-bond acceptors (Lipinski definition) is 4. The normalized spacial score (nSPS) is 12.4. The van der Waals surface area contributed by atoms with E-state index >= 15 is 0 Å². The number of nitrogens with two attached hydrogens (primary N) is 1. The van der Waals surface area contributed by atoms with Gasteiger partial charge in [-0.3, -0.25) is 0 Å². The number of nitrogens with one attached hydrogen (secondary N) is 1. The number of halogens is 1. The lowest BCUT2D eigenvalue weighted by Crippen LogP contribution is -2.36. The first-order chi connectivity index (χ1) is 9.69. The molecule has 3 N–H and O–H groups in total. The van der Waals surface area contributed by atoms with E-state index in [1.54, 1.807) is 13.0 Å². The van der Waals surface area contributed by atoms with Crippen molar-refractivity contribution in [1.29, 1.82) is 0 Å². The summed E-state index contributed by atoms with van der Waals surface area (Å²) >= 11 is 3.38. The van der Waals surface area contributed by atoms with Crippen LogP contribution in [0.15, 0.2) is 21.5 Å². The number of sulfonamides is 1. The second-order valence-electron chi connectivity index (χ2n) is 5.38. The Morgan fingerprint density at radius 2 is 2.00 bits per heavy atom. The van der Waals surface area contributed by atoms with Crippen LogP contribution in [0.2, 0.25) is 0 Å². The molecular formula is C14H24BrN3O2S. The molecule has 0 amide bonds. The van der Waals surface area contributed by atoms with Gasteiger partial charge in [0.05, 0.1) is 4.90 Å². The molecule has 0 heterocycles. The Labute approximate surface area is 136 Å². The summed E-state index contributed by atoms with van der Waals surface area (Å²) in [6.45, 7) is 7.26. The molecule has 0 saturated carbocycles. The van der Waals surface area contributed by atoms with E-state index in [1.807, 2.05) is 13.1 Å².